The zero-order valence-electron chi connectivity index (χ0n) is 13.2. The molecule has 9 heteroatoms. The highest BCUT2D eigenvalue weighted by atomic mass is 127. The molecule has 1 aliphatic heterocycles. The van der Waals surface area contributed by atoms with Crippen molar-refractivity contribution in [2.75, 3.05) is 11.9 Å². The molecule has 0 spiro atoms. The normalized spacial score (nSPS) is 17.4. The summed E-state index contributed by atoms with van der Waals surface area (Å²) in [6.07, 6.45) is -0.404. The van der Waals surface area contributed by atoms with Gasteiger partial charge in [0.2, 0.25) is 0 Å². The van der Waals surface area contributed by atoms with Gasteiger partial charge in [-0.1, -0.05) is 0 Å². The van der Waals surface area contributed by atoms with Gasteiger partial charge in [-0.25, -0.2) is 14.6 Å². The number of fused-ring (bicyclic) bond motifs is 1. The molecule has 0 fully saturated rings. The highest BCUT2D eigenvalue weighted by Crippen LogP contribution is 2.30. The number of aromatic nitrogens is 1. The Bertz CT molecular complexity index is 644. The molecule has 0 saturated carbocycles. The molecule has 1 aliphatic rings. The number of nitrogens with one attached hydrogen (secondary N) is 1. The van der Waals surface area contributed by atoms with Crippen molar-refractivity contribution in [2.45, 2.75) is 39.3 Å². The van der Waals surface area contributed by atoms with Crippen LogP contribution in [-0.4, -0.2) is 41.2 Å². The van der Waals surface area contributed by atoms with Crippen molar-refractivity contribution in [3.8, 4) is 0 Å². The fourth-order valence-corrected chi connectivity index (χ4v) is 2.58. The molecule has 1 aromatic rings. The number of aliphatic hydroxyl groups is 1. The summed E-state index contributed by atoms with van der Waals surface area (Å²) in [5, 5.41) is 12.3. The summed E-state index contributed by atoms with van der Waals surface area (Å²) in [4.78, 5) is 29.4. The van der Waals surface area contributed by atoms with Gasteiger partial charge in [-0.15, -0.1) is 0 Å². The smallest absolute Gasteiger partial charge is 0.407 e. The summed E-state index contributed by atoms with van der Waals surface area (Å²) in [6.45, 7) is 5.37. The third kappa shape index (κ3) is 4.02. The molecule has 1 atom stereocenters. The number of carbonyl (C=O) groups is 2. The van der Waals surface area contributed by atoms with Crippen molar-refractivity contribution in [2.24, 2.45) is 0 Å². The Morgan fingerprint density at radius 3 is 2.83 bits per heavy atom. The average Bonchev–Trinajstić information content (AvgIpc) is 2.41. The van der Waals surface area contributed by atoms with E-state index in [0.29, 0.717) is 15.0 Å². The summed E-state index contributed by atoms with van der Waals surface area (Å²) in [7, 11) is 1.56. The van der Waals surface area contributed by atoms with Crippen LogP contribution in [0.25, 0.3) is 0 Å². The Kier molecular flexibility index (Phi) is 4.99. The molecule has 126 valence electrons. The van der Waals surface area contributed by atoms with Gasteiger partial charge < -0.3 is 24.8 Å². The zero-order chi connectivity index (χ0) is 17.4. The largest absolute Gasteiger partial charge is 0.444 e. The summed E-state index contributed by atoms with van der Waals surface area (Å²) < 4.78 is 10.7. The summed E-state index contributed by atoms with van der Waals surface area (Å²) in [5.41, 5.74) is 0.170. The molecule has 1 aromatic heterocycles. The van der Waals surface area contributed by atoms with Crippen LogP contribution in [0.15, 0.2) is 6.20 Å². The highest BCUT2D eigenvalue weighted by molar-refractivity contribution is 14.1. The quantitative estimate of drug-likeness (QED) is 0.538. The number of aliphatic hydroxyl groups excluding tert-OH is 1. The van der Waals surface area contributed by atoms with Crippen LogP contribution in [0.5, 0.6) is 0 Å². The molecule has 0 aromatic carbocycles. The molecule has 1 unspecified atom stereocenters. The molecule has 23 heavy (non-hydrogen) atoms. The van der Waals surface area contributed by atoms with Crippen molar-refractivity contribution >= 4 is 40.5 Å². The number of hydrogen-bond donors (Lipinski definition) is 2. The zero-order valence-corrected chi connectivity index (χ0v) is 15.4. The predicted molar refractivity (Wildman–Crippen MR) is 89.9 cm³/mol. The lowest BCUT2D eigenvalue weighted by molar-refractivity contribution is -0.0676. The maximum atomic E-state index is 12.1. The van der Waals surface area contributed by atoms with Crippen LogP contribution in [0.3, 0.4) is 0 Å². The van der Waals surface area contributed by atoms with E-state index in [4.69, 9.17) is 9.47 Å². The van der Waals surface area contributed by atoms with Gasteiger partial charge in [0, 0.05) is 28.9 Å². The van der Waals surface area contributed by atoms with Gasteiger partial charge in [0.25, 0.3) is 6.41 Å². The molecule has 2 N–H and O–H groups in total. The number of amides is 1. The van der Waals surface area contributed by atoms with Crippen LogP contribution < -0.4 is 10.2 Å². The molecular formula is C14H18IN3O5. The molecule has 0 bridgehead atoms. The number of halogens is 1. The number of cyclic esters (lactones) is 1. The SMILES string of the molecule is CN1c2ncc(I)c(CNC(=O)OC(C)(C)C)c2C(=O)OC1O. The van der Waals surface area contributed by atoms with Crippen molar-refractivity contribution in [3.63, 3.8) is 0 Å². The van der Waals surface area contributed by atoms with E-state index < -0.39 is 24.1 Å². The maximum absolute atomic E-state index is 12.1. The second kappa shape index (κ2) is 6.48. The van der Waals surface area contributed by atoms with E-state index in [-0.39, 0.29) is 12.1 Å². The minimum absolute atomic E-state index is 0.0804. The first kappa shape index (κ1) is 17.7. The minimum atomic E-state index is -1.38. The van der Waals surface area contributed by atoms with E-state index in [1.54, 1.807) is 34.0 Å². The van der Waals surface area contributed by atoms with E-state index in [2.05, 4.69) is 10.3 Å². The first-order chi connectivity index (χ1) is 10.6. The molecule has 2 heterocycles. The van der Waals surface area contributed by atoms with E-state index >= 15 is 0 Å². The molecule has 2 rings (SSSR count). The molecule has 0 saturated heterocycles. The van der Waals surface area contributed by atoms with Gasteiger partial charge in [0.05, 0.1) is 0 Å². The molecule has 1 amide bonds. The molecule has 0 aliphatic carbocycles. The van der Waals surface area contributed by atoms with Gasteiger partial charge in [-0.05, 0) is 43.4 Å². The molecule has 8 nitrogen and oxygen atoms in total. The summed E-state index contributed by atoms with van der Waals surface area (Å²) in [6, 6.07) is 0. The van der Waals surface area contributed by atoms with Crippen molar-refractivity contribution in [1.82, 2.24) is 10.3 Å². The van der Waals surface area contributed by atoms with Crippen LogP contribution in [0.4, 0.5) is 10.6 Å². The minimum Gasteiger partial charge on any atom is -0.444 e. The molecule has 0 radical (unpaired) electrons. The van der Waals surface area contributed by atoms with E-state index in [0.717, 1.165) is 0 Å². The summed E-state index contributed by atoms with van der Waals surface area (Å²) in [5.74, 6) is -0.382. The van der Waals surface area contributed by atoms with E-state index in [9.17, 15) is 14.7 Å². The number of ether oxygens (including phenoxy) is 2. The van der Waals surface area contributed by atoms with Crippen LogP contribution >= 0.6 is 22.6 Å². The third-order valence-electron chi connectivity index (χ3n) is 3.00. The number of anilines is 1. The number of alkyl carbamates (subject to hydrolysis) is 1. The lowest BCUT2D eigenvalue weighted by atomic mass is 10.1. The Balaban J connectivity index is 2.26. The van der Waals surface area contributed by atoms with Crippen LogP contribution in [-0.2, 0) is 16.0 Å². The predicted octanol–water partition coefficient (Wildman–Crippen LogP) is 1.59. The van der Waals surface area contributed by atoms with Gasteiger partial charge in [0.15, 0.2) is 0 Å². The second-order valence-electron chi connectivity index (χ2n) is 5.98. The topological polar surface area (TPSA) is 101 Å². The third-order valence-corrected chi connectivity index (χ3v) is 3.93. The van der Waals surface area contributed by atoms with Crippen molar-refractivity contribution in [3.05, 3.63) is 20.9 Å². The number of esters is 1. The number of nitrogens with zero attached hydrogens (tertiary/aromatic N) is 2. The highest BCUT2D eigenvalue weighted by Gasteiger charge is 2.33. The number of hydrogen-bond acceptors (Lipinski definition) is 7. The number of pyridine rings is 1. The standard InChI is InChI=1S/C14H18IN3O5/c1-14(2,3)23-12(20)17-5-7-8(15)6-16-10-9(7)11(19)22-13(21)18(10)4/h6,13,21H,5H2,1-4H3,(H,17,20). The Labute approximate surface area is 147 Å². The van der Waals surface area contributed by atoms with E-state index in [1.807, 2.05) is 22.6 Å². The Morgan fingerprint density at radius 1 is 1.57 bits per heavy atom. The fraction of sp³-hybridized carbons (Fsp3) is 0.500. The van der Waals surface area contributed by atoms with Crippen LogP contribution in [0.2, 0.25) is 0 Å². The number of rotatable bonds is 2. The molecular weight excluding hydrogens is 417 g/mol. The first-order valence-corrected chi connectivity index (χ1v) is 7.94. The average molecular weight is 435 g/mol. The lowest BCUT2D eigenvalue weighted by Gasteiger charge is -2.31. The first-order valence-electron chi connectivity index (χ1n) is 6.86. The number of carbonyl (C=O) groups excluding carboxylic acids is 2. The van der Waals surface area contributed by atoms with Crippen LogP contribution in [0.1, 0.15) is 36.7 Å². The van der Waals surface area contributed by atoms with Crippen LogP contribution in [0, 0.1) is 3.57 Å². The fourth-order valence-electron chi connectivity index (χ4n) is 1.98. The lowest BCUT2D eigenvalue weighted by Crippen LogP contribution is -2.42. The van der Waals surface area contributed by atoms with Crippen molar-refractivity contribution < 1.29 is 24.2 Å². The monoisotopic (exact) mass is 435 g/mol. The maximum Gasteiger partial charge on any atom is 0.407 e. The van der Waals surface area contributed by atoms with Gasteiger partial charge in [-0.3, -0.25) is 0 Å². The Morgan fingerprint density at radius 2 is 2.22 bits per heavy atom. The summed E-state index contributed by atoms with van der Waals surface area (Å²) >= 11 is 2.02. The van der Waals surface area contributed by atoms with Gasteiger partial charge >= 0.3 is 12.1 Å². The van der Waals surface area contributed by atoms with E-state index in [1.165, 1.54) is 4.90 Å². The van der Waals surface area contributed by atoms with Gasteiger partial charge in [0.1, 0.15) is 17.0 Å². The van der Waals surface area contributed by atoms with Gasteiger partial charge in [-0.2, -0.15) is 0 Å². The van der Waals surface area contributed by atoms with Crippen molar-refractivity contribution in [1.29, 1.82) is 0 Å². The Hall–Kier alpha value is -1.62. The second-order valence-corrected chi connectivity index (χ2v) is 7.14.